The fraction of sp³-hybridized carbons (Fsp3) is 0.350. The lowest BCUT2D eigenvalue weighted by Crippen LogP contribution is -2.39. The molecule has 7 nitrogen and oxygen atoms in total. The van der Waals surface area contributed by atoms with Crippen LogP contribution < -0.4 is 9.46 Å². The molecule has 9 heteroatoms. The number of ether oxygens (including phenoxy) is 1. The van der Waals surface area contributed by atoms with Crippen molar-refractivity contribution in [2.75, 3.05) is 6.54 Å². The van der Waals surface area contributed by atoms with E-state index < -0.39 is 33.5 Å². The van der Waals surface area contributed by atoms with Gasteiger partial charge in [0.1, 0.15) is 17.2 Å². The molecule has 0 amide bonds. The number of carboxylic acids is 1. The first-order chi connectivity index (χ1) is 13.5. The van der Waals surface area contributed by atoms with Crippen LogP contribution in [-0.2, 0) is 14.8 Å². The molecule has 0 spiro atoms. The van der Waals surface area contributed by atoms with E-state index in [1.807, 2.05) is 13.8 Å². The predicted molar refractivity (Wildman–Crippen MR) is 103 cm³/mol. The SMILES string of the molecule is CC1(C)CC(CNS(=O)(=O)c2ccc(F)cc2)c2ccc(C(O)C(=O)O)cc2O1. The highest BCUT2D eigenvalue weighted by Crippen LogP contribution is 2.41. The highest BCUT2D eigenvalue weighted by atomic mass is 32.2. The summed E-state index contributed by atoms with van der Waals surface area (Å²) in [5, 5.41) is 18.8. The molecule has 0 saturated heterocycles. The number of hydrogen-bond donors (Lipinski definition) is 3. The third-order valence-corrected chi connectivity index (χ3v) is 6.23. The third kappa shape index (κ3) is 4.75. The Bertz CT molecular complexity index is 1020. The van der Waals surface area contributed by atoms with Crippen LogP contribution in [0.4, 0.5) is 4.39 Å². The van der Waals surface area contributed by atoms with Gasteiger partial charge in [-0.25, -0.2) is 22.3 Å². The maximum Gasteiger partial charge on any atom is 0.337 e. The third-order valence-electron chi connectivity index (χ3n) is 4.80. The van der Waals surface area contributed by atoms with Crippen LogP contribution in [-0.4, -0.2) is 36.7 Å². The van der Waals surface area contributed by atoms with Crippen LogP contribution in [0.2, 0.25) is 0 Å². The molecule has 2 atom stereocenters. The van der Waals surface area contributed by atoms with Gasteiger partial charge in [-0.2, -0.15) is 0 Å². The molecule has 3 N–H and O–H groups in total. The number of halogens is 1. The molecule has 1 heterocycles. The van der Waals surface area contributed by atoms with Crippen LogP contribution in [0.15, 0.2) is 47.4 Å². The second kappa shape index (κ2) is 7.74. The second-order valence-electron chi connectivity index (χ2n) is 7.61. The number of carboxylic acid groups (broad SMARTS) is 1. The minimum absolute atomic E-state index is 0.0367. The minimum Gasteiger partial charge on any atom is -0.488 e. The summed E-state index contributed by atoms with van der Waals surface area (Å²) in [5.41, 5.74) is 0.276. The van der Waals surface area contributed by atoms with Gasteiger partial charge in [0.15, 0.2) is 6.10 Å². The van der Waals surface area contributed by atoms with Crippen molar-refractivity contribution in [1.82, 2.24) is 4.72 Å². The van der Waals surface area contributed by atoms with Crippen molar-refractivity contribution in [3.63, 3.8) is 0 Å². The smallest absolute Gasteiger partial charge is 0.337 e. The standard InChI is InChI=1S/C20H22FNO6S/c1-20(2)10-13(11-22-29(26,27)15-6-4-14(21)5-7-15)16-8-3-12(9-17(16)28-20)18(23)19(24)25/h3-9,13,18,22-23H,10-11H2,1-2H3,(H,24,25). The van der Waals surface area contributed by atoms with E-state index >= 15 is 0 Å². The van der Waals surface area contributed by atoms with Crippen molar-refractivity contribution in [2.45, 2.75) is 42.8 Å². The summed E-state index contributed by atoms with van der Waals surface area (Å²) in [5.74, 6) is -1.72. The normalized spacial score (nSPS) is 19.1. The molecule has 1 aliphatic rings. The van der Waals surface area contributed by atoms with E-state index in [9.17, 15) is 22.7 Å². The molecule has 0 fully saturated rings. The van der Waals surface area contributed by atoms with Gasteiger partial charge in [0.05, 0.1) is 4.90 Å². The average Bonchev–Trinajstić information content (AvgIpc) is 2.64. The number of aliphatic hydroxyl groups is 1. The van der Waals surface area contributed by atoms with E-state index in [0.29, 0.717) is 17.7 Å². The number of nitrogens with one attached hydrogen (secondary N) is 1. The van der Waals surface area contributed by atoms with Crippen molar-refractivity contribution in [3.8, 4) is 5.75 Å². The zero-order chi connectivity index (χ0) is 21.4. The molecule has 0 saturated carbocycles. The highest BCUT2D eigenvalue weighted by molar-refractivity contribution is 7.89. The summed E-state index contributed by atoms with van der Waals surface area (Å²) in [6.07, 6.45) is -1.16. The number of fused-ring (bicyclic) bond motifs is 1. The zero-order valence-electron chi connectivity index (χ0n) is 15.9. The molecule has 2 aromatic carbocycles. The Kier molecular flexibility index (Phi) is 5.66. The van der Waals surface area contributed by atoms with Crippen molar-refractivity contribution in [1.29, 1.82) is 0 Å². The van der Waals surface area contributed by atoms with Gasteiger partial charge in [0, 0.05) is 12.5 Å². The quantitative estimate of drug-likeness (QED) is 0.658. The number of carbonyl (C=O) groups is 1. The van der Waals surface area contributed by atoms with Crippen LogP contribution in [0.1, 0.15) is 43.4 Å². The number of rotatable bonds is 6. The summed E-state index contributed by atoms with van der Waals surface area (Å²) in [7, 11) is -3.82. The Balaban J connectivity index is 1.85. The van der Waals surface area contributed by atoms with Gasteiger partial charge in [-0.15, -0.1) is 0 Å². The van der Waals surface area contributed by atoms with Gasteiger partial charge >= 0.3 is 5.97 Å². The average molecular weight is 423 g/mol. The highest BCUT2D eigenvalue weighted by Gasteiger charge is 2.35. The molecule has 2 unspecified atom stereocenters. The fourth-order valence-electron chi connectivity index (χ4n) is 3.42. The largest absolute Gasteiger partial charge is 0.488 e. The molecular formula is C20H22FNO6S. The number of benzene rings is 2. The fourth-order valence-corrected chi connectivity index (χ4v) is 4.50. The van der Waals surface area contributed by atoms with E-state index in [1.54, 1.807) is 6.07 Å². The van der Waals surface area contributed by atoms with E-state index in [2.05, 4.69) is 4.72 Å². The number of sulfonamides is 1. The van der Waals surface area contributed by atoms with Gasteiger partial charge in [-0.05, 0) is 61.7 Å². The Morgan fingerprint density at radius 1 is 1.28 bits per heavy atom. The molecule has 156 valence electrons. The summed E-state index contributed by atoms with van der Waals surface area (Å²) in [6.45, 7) is 3.77. The topological polar surface area (TPSA) is 113 Å². The number of hydrogen-bond acceptors (Lipinski definition) is 5. The van der Waals surface area contributed by atoms with Gasteiger partial charge in [-0.3, -0.25) is 0 Å². The first-order valence-corrected chi connectivity index (χ1v) is 10.5. The van der Waals surface area contributed by atoms with Crippen LogP contribution in [0.25, 0.3) is 0 Å². The first-order valence-electron chi connectivity index (χ1n) is 8.97. The minimum atomic E-state index is -3.82. The van der Waals surface area contributed by atoms with Crippen molar-refractivity contribution >= 4 is 16.0 Å². The summed E-state index contributed by atoms with van der Waals surface area (Å²) >= 11 is 0. The zero-order valence-corrected chi connectivity index (χ0v) is 16.7. The van der Waals surface area contributed by atoms with E-state index in [1.165, 1.54) is 24.3 Å². The molecule has 0 bridgehead atoms. The first kappa shape index (κ1) is 21.2. The molecule has 3 rings (SSSR count). The molecule has 29 heavy (non-hydrogen) atoms. The second-order valence-corrected chi connectivity index (χ2v) is 9.37. The van der Waals surface area contributed by atoms with E-state index in [-0.39, 0.29) is 22.9 Å². The molecule has 0 aromatic heterocycles. The lowest BCUT2D eigenvalue weighted by atomic mass is 9.84. The Hall–Kier alpha value is -2.49. The monoisotopic (exact) mass is 423 g/mol. The van der Waals surface area contributed by atoms with Crippen LogP contribution in [0, 0.1) is 5.82 Å². The van der Waals surface area contributed by atoms with E-state index in [0.717, 1.165) is 12.1 Å². The summed E-state index contributed by atoms with van der Waals surface area (Å²) in [6, 6.07) is 9.14. The van der Waals surface area contributed by atoms with E-state index in [4.69, 9.17) is 9.84 Å². The molecule has 0 radical (unpaired) electrons. The van der Waals surface area contributed by atoms with Gasteiger partial charge in [0.25, 0.3) is 0 Å². The van der Waals surface area contributed by atoms with Crippen molar-refractivity contribution in [3.05, 3.63) is 59.4 Å². The molecule has 2 aromatic rings. The number of aliphatic hydroxyl groups excluding tert-OH is 1. The van der Waals surface area contributed by atoms with Gasteiger partial charge in [0.2, 0.25) is 10.0 Å². The summed E-state index contributed by atoms with van der Waals surface area (Å²) in [4.78, 5) is 11.0. The Labute approximate surface area is 168 Å². The van der Waals surface area contributed by atoms with Crippen LogP contribution >= 0.6 is 0 Å². The maximum absolute atomic E-state index is 13.1. The van der Waals surface area contributed by atoms with Crippen LogP contribution in [0.5, 0.6) is 5.75 Å². The molecular weight excluding hydrogens is 401 g/mol. The van der Waals surface area contributed by atoms with Crippen molar-refractivity contribution < 1.29 is 32.6 Å². The predicted octanol–water partition coefficient (Wildman–Crippen LogP) is 2.57. The lowest BCUT2D eigenvalue weighted by Gasteiger charge is -2.38. The Morgan fingerprint density at radius 3 is 2.55 bits per heavy atom. The molecule has 0 aliphatic carbocycles. The number of aliphatic carboxylic acids is 1. The Morgan fingerprint density at radius 2 is 1.93 bits per heavy atom. The summed E-state index contributed by atoms with van der Waals surface area (Å²) < 4.78 is 46.6. The van der Waals surface area contributed by atoms with Crippen LogP contribution in [0.3, 0.4) is 0 Å². The van der Waals surface area contributed by atoms with Crippen molar-refractivity contribution in [2.24, 2.45) is 0 Å². The lowest BCUT2D eigenvalue weighted by molar-refractivity contribution is -0.146. The molecule has 1 aliphatic heterocycles. The van der Waals surface area contributed by atoms with Gasteiger partial charge < -0.3 is 14.9 Å². The maximum atomic E-state index is 13.1. The van der Waals surface area contributed by atoms with Gasteiger partial charge in [-0.1, -0.05) is 12.1 Å².